The Morgan fingerprint density at radius 2 is 1.43 bits per heavy atom. The number of ketones is 1. The van der Waals surface area contributed by atoms with E-state index in [0.717, 1.165) is 33.8 Å². The topological polar surface area (TPSA) is 20.5 Å². The summed E-state index contributed by atoms with van der Waals surface area (Å²) in [6, 6.07) is 20.6. The second-order valence-corrected chi connectivity index (χ2v) is 5.14. The molecule has 1 aliphatic carbocycles. The summed E-state index contributed by atoms with van der Waals surface area (Å²) >= 11 is 0. The normalized spacial score (nSPS) is 15.5. The second-order valence-electron chi connectivity index (χ2n) is 5.14. The van der Waals surface area contributed by atoms with Gasteiger partial charge < -0.3 is 4.74 Å². The van der Waals surface area contributed by atoms with Gasteiger partial charge in [-0.05, 0) is 23.3 Å². The van der Waals surface area contributed by atoms with Gasteiger partial charge in [-0.1, -0.05) is 60.7 Å². The molecule has 0 fully saturated rings. The van der Waals surface area contributed by atoms with Gasteiger partial charge in [-0.15, -0.1) is 0 Å². The van der Waals surface area contributed by atoms with Gasteiger partial charge >= 0.3 is 5.78 Å². The van der Waals surface area contributed by atoms with Gasteiger partial charge in [0.2, 0.25) is 0 Å². The first-order valence-electron chi connectivity index (χ1n) is 7.54. The third-order valence-electron chi connectivity index (χ3n) is 3.80. The summed E-state index contributed by atoms with van der Waals surface area (Å²) in [4.78, 5) is 0. The molecule has 0 saturated heterocycles. The Hall–Kier alpha value is -2.87. The Balaban J connectivity index is 2.34. The Morgan fingerprint density at radius 3 is 1.91 bits per heavy atom. The van der Waals surface area contributed by atoms with Crippen molar-refractivity contribution in [2.45, 2.75) is 0 Å². The molecule has 3 rings (SSSR count). The molecule has 0 radical (unpaired) electrons. The first-order valence-corrected chi connectivity index (χ1v) is 7.54. The number of rotatable bonds is 3. The summed E-state index contributed by atoms with van der Waals surface area (Å²) in [5.41, 5.74) is 4.32. The Bertz CT molecular complexity index is 753. The summed E-state index contributed by atoms with van der Waals surface area (Å²) in [5, 5.41) is 0. The molecule has 0 atom stereocenters. The van der Waals surface area contributed by atoms with Gasteiger partial charge in [-0.3, -0.25) is 4.42 Å². The van der Waals surface area contributed by atoms with Crippen LogP contribution in [0.1, 0.15) is 11.1 Å². The van der Waals surface area contributed by atoms with Gasteiger partial charge in [0.05, 0.1) is 7.11 Å². The molecule has 0 aromatic heterocycles. The molecule has 2 aromatic carbocycles. The first kappa shape index (κ1) is 15.0. The number of methoxy groups -OCH3 is 1. The maximum Gasteiger partial charge on any atom is 0.354 e. The van der Waals surface area contributed by atoms with Crippen molar-refractivity contribution in [3.05, 3.63) is 101 Å². The number of carbonyl (C=O) groups excluding carboxylic acids is 1. The monoisotopic (exact) mass is 303 g/mol. The molecule has 2 aromatic rings. The Kier molecular flexibility index (Phi) is 4.53. The van der Waals surface area contributed by atoms with Gasteiger partial charge in [-0.25, -0.2) is 0 Å². The highest BCUT2D eigenvalue weighted by atomic mass is 16.5. The van der Waals surface area contributed by atoms with Crippen molar-refractivity contribution in [2.24, 2.45) is 0 Å². The van der Waals surface area contributed by atoms with Crippen LogP contribution in [0.25, 0.3) is 5.57 Å². The van der Waals surface area contributed by atoms with Gasteiger partial charge in [0.1, 0.15) is 11.3 Å². The number of allylic oxidation sites excluding steroid dienone is 4. The molecule has 0 N–H and O–H groups in total. The quantitative estimate of drug-likeness (QED) is 0.611. The minimum absolute atomic E-state index is 0.798. The first-order chi connectivity index (χ1) is 11.3. The van der Waals surface area contributed by atoms with E-state index in [1.165, 1.54) is 0 Å². The molecule has 0 bridgehead atoms. The predicted molar refractivity (Wildman–Crippen MR) is 94.1 cm³/mol. The van der Waals surface area contributed by atoms with Gasteiger partial charge in [-0.2, -0.15) is 0 Å². The molecule has 0 unspecified atom stereocenters. The van der Waals surface area contributed by atoms with E-state index < -0.39 is 0 Å². The molecule has 2 nitrogen and oxygen atoms in total. The zero-order valence-corrected chi connectivity index (χ0v) is 13.3. The summed E-state index contributed by atoms with van der Waals surface area (Å²) in [6.45, 7) is 0. The van der Waals surface area contributed by atoms with Crippen LogP contribution in [-0.4, -0.2) is 20.0 Å². The van der Waals surface area contributed by atoms with E-state index in [1.807, 2.05) is 54.6 Å². The molecule has 0 spiro atoms. The van der Waals surface area contributed by atoms with Crippen molar-refractivity contribution in [1.29, 1.82) is 0 Å². The molecule has 0 amide bonds. The van der Waals surface area contributed by atoms with Crippen LogP contribution in [0.5, 0.6) is 0 Å². The number of benzene rings is 2. The lowest BCUT2D eigenvalue weighted by molar-refractivity contribution is -0.418. The summed E-state index contributed by atoms with van der Waals surface area (Å²) < 4.78 is 11.2. The van der Waals surface area contributed by atoms with Crippen LogP contribution < -0.4 is 0 Å². The SMILES string of the molecule is COC1=CC=CC(=[O+]C)C1=C(c1ccccc1)c1ccccc1. The van der Waals surface area contributed by atoms with Crippen LogP contribution in [0.15, 0.2) is 90.2 Å². The molecule has 114 valence electrons. The van der Waals surface area contributed by atoms with Crippen LogP contribution in [-0.2, 0) is 9.16 Å². The molecule has 0 aliphatic heterocycles. The lowest BCUT2D eigenvalue weighted by Gasteiger charge is -2.16. The van der Waals surface area contributed by atoms with Gasteiger partial charge in [0.25, 0.3) is 7.11 Å². The van der Waals surface area contributed by atoms with Crippen molar-refractivity contribution in [1.82, 2.24) is 0 Å². The average molecular weight is 303 g/mol. The van der Waals surface area contributed by atoms with Crippen LogP contribution in [0.3, 0.4) is 0 Å². The van der Waals surface area contributed by atoms with E-state index in [4.69, 9.17) is 9.16 Å². The lowest BCUT2D eigenvalue weighted by atomic mass is 9.88. The largest absolute Gasteiger partial charge is 0.496 e. The van der Waals surface area contributed by atoms with E-state index in [0.29, 0.717) is 0 Å². The standard InChI is InChI=1S/C21H19O2/c1-22-18-14-9-15-19(23-2)21(18)20(16-10-5-3-6-11-16)17-12-7-4-8-13-17/h3-15H,1-2H3/q+1. The van der Waals surface area contributed by atoms with E-state index in [-0.39, 0.29) is 0 Å². The van der Waals surface area contributed by atoms with E-state index in [2.05, 4.69) is 24.3 Å². The zero-order valence-electron chi connectivity index (χ0n) is 13.3. The van der Waals surface area contributed by atoms with E-state index in [1.54, 1.807) is 14.2 Å². The average Bonchev–Trinajstić information content (AvgIpc) is 2.64. The van der Waals surface area contributed by atoms with Crippen molar-refractivity contribution >= 4 is 11.4 Å². The minimum atomic E-state index is 0.798. The molecule has 2 heteroatoms. The summed E-state index contributed by atoms with van der Waals surface area (Å²) in [6.07, 6.45) is 5.86. The molecule has 23 heavy (non-hydrogen) atoms. The highest BCUT2D eigenvalue weighted by molar-refractivity contribution is 6.15. The van der Waals surface area contributed by atoms with Gasteiger partial charge in [0, 0.05) is 11.6 Å². The number of ether oxygens (including phenoxy) is 1. The van der Waals surface area contributed by atoms with Crippen molar-refractivity contribution < 1.29 is 9.16 Å². The molecular weight excluding hydrogens is 284 g/mol. The van der Waals surface area contributed by atoms with Crippen LogP contribution in [0, 0.1) is 0 Å². The fourth-order valence-electron chi connectivity index (χ4n) is 2.76. The van der Waals surface area contributed by atoms with Crippen molar-refractivity contribution in [2.75, 3.05) is 14.2 Å². The second kappa shape index (κ2) is 6.93. The van der Waals surface area contributed by atoms with E-state index >= 15 is 0 Å². The highest BCUT2D eigenvalue weighted by Crippen LogP contribution is 2.33. The van der Waals surface area contributed by atoms with Crippen LogP contribution >= 0.6 is 0 Å². The van der Waals surface area contributed by atoms with Crippen LogP contribution in [0.4, 0.5) is 0 Å². The fraction of sp³-hybridized carbons (Fsp3) is 0.0952. The summed E-state index contributed by atoms with van der Waals surface area (Å²) in [5.74, 6) is 1.60. The third-order valence-corrected chi connectivity index (χ3v) is 3.80. The van der Waals surface area contributed by atoms with Gasteiger partial charge in [0.15, 0.2) is 0 Å². The lowest BCUT2D eigenvalue weighted by Crippen LogP contribution is -2.12. The molecule has 1 aliphatic rings. The predicted octanol–water partition coefficient (Wildman–Crippen LogP) is 4.32. The maximum atomic E-state index is 5.61. The number of hydrogen-bond donors (Lipinski definition) is 0. The molecular formula is C21H19O2+. The smallest absolute Gasteiger partial charge is 0.354 e. The van der Waals surface area contributed by atoms with Crippen molar-refractivity contribution in [3.8, 4) is 0 Å². The number of hydrogen-bond acceptors (Lipinski definition) is 1. The maximum absolute atomic E-state index is 5.61. The highest BCUT2D eigenvalue weighted by Gasteiger charge is 2.28. The molecule has 0 saturated carbocycles. The minimum Gasteiger partial charge on any atom is -0.496 e. The van der Waals surface area contributed by atoms with Crippen molar-refractivity contribution in [3.63, 3.8) is 0 Å². The van der Waals surface area contributed by atoms with Crippen LogP contribution in [0.2, 0.25) is 0 Å². The Labute approximate surface area is 136 Å². The fourth-order valence-corrected chi connectivity index (χ4v) is 2.76. The third kappa shape index (κ3) is 3.02. The molecule has 0 heterocycles. The van der Waals surface area contributed by atoms with E-state index in [9.17, 15) is 0 Å². The Morgan fingerprint density at radius 1 is 0.870 bits per heavy atom. The zero-order chi connectivity index (χ0) is 16.1. The summed E-state index contributed by atoms with van der Waals surface area (Å²) in [7, 11) is 3.37.